The quantitative estimate of drug-likeness (QED) is 0.688. The van der Waals surface area contributed by atoms with Gasteiger partial charge in [0, 0.05) is 31.3 Å². The lowest BCUT2D eigenvalue weighted by Crippen LogP contribution is -2.68. The summed E-state index contributed by atoms with van der Waals surface area (Å²) in [5.74, 6) is -3.46. The number of aryl methyl sites for hydroxylation is 1. The Bertz CT molecular complexity index is 1170. The van der Waals surface area contributed by atoms with Crippen LogP contribution >= 0.6 is 0 Å². The maximum Gasteiger partial charge on any atom is 0.275 e. The molecule has 0 bridgehead atoms. The minimum Gasteiger partial charge on any atom is -0.503 e. The fourth-order valence-electron chi connectivity index (χ4n) is 4.95. The highest BCUT2D eigenvalue weighted by Gasteiger charge is 2.54. The molecular formula is C23H24F2N2O5. The lowest BCUT2D eigenvalue weighted by atomic mass is 9.71. The molecule has 1 aliphatic carbocycles. The Balaban J connectivity index is 1.67. The van der Waals surface area contributed by atoms with Gasteiger partial charge in [-0.1, -0.05) is 6.07 Å². The summed E-state index contributed by atoms with van der Waals surface area (Å²) in [6, 6.07) is 2.82. The molecular weight excluding hydrogens is 422 g/mol. The van der Waals surface area contributed by atoms with Gasteiger partial charge in [0.25, 0.3) is 5.91 Å². The third kappa shape index (κ3) is 3.50. The third-order valence-electron chi connectivity index (χ3n) is 6.34. The van der Waals surface area contributed by atoms with E-state index in [9.17, 15) is 33.4 Å². The van der Waals surface area contributed by atoms with Crippen LogP contribution in [-0.2, 0) is 13.0 Å². The summed E-state index contributed by atoms with van der Waals surface area (Å²) in [6.45, 7) is 3.87. The number of carbonyl (C=O) groups is 2. The van der Waals surface area contributed by atoms with Crippen molar-refractivity contribution < 1.29 is 28.6 Å². The van der Waals surface area contributed by atoms with Gasteiger partial charge in [-0.15, -0.1) is 0 Å². The Hall–Kier alpha value is -3.07. The summed E-state index contributed by atoms with van der Waals surface area (Å²) < 4.78 is 28.3. The van der Waals surface area contributed by atoms with Crippen molar-refractivity contribution >= 4 is 11.7 Å². The maximum absolute atomic E-state index is 13.9. The highest BCUT2D eigenvalue weighted by atomic mass is 19.1. The first-order valence-electron chi connectivity index (χ1n) is 10.5. The number of ketones is 1. The van der Waals surface area contributed by atoms with E-state index in [0.717, 1.165) is 12.1 Å². The van der Waals surface area contributed by atoms with Gasteiger partial charge in [-0.3, -0.25) is 14.4 Å². The number of aliphatic hydroxyl groups is 1. The Labute approximate surface area is 182 Å². The predicted octanol–water partition coefficient (Wildman–Crippen LogP) is 2.41. The Kier molecular flexibility index (Phi) is 5.40. The van der Waals surface area contributed by atoms with Gasteiger partial charge in [0.05, 0.1) is 17.2 Å². The van der Waals surface area contributed by atoms with E-state index in [4.69, 9.17) is 0 Å². The highest BCUT2D eigenvalue weighted by molar-refractivity contribution is 6.00. The molecule has 4 rings (SSSR count). The zero-order valence-electron chi connectivity index (χ0n) is 17.8. The minimum atomic E-state index is -0.956. The van der Waals surface area contributed by atoms with Crippen molar-refractivity contribution in [2.75, 3.05) is 0 Å². The van der Waals surface area contributed by atoms with E-state index in [1.807, 2.05) is 13.8 Å². The SMILES string of the molecule is CC(C)N1C(=O)c2c(O)c(=O)c(C(=O)CCc3ccc(F)cc3F)cn2CC12CC(O)C2. The maximum atomic E-state index is 13.9. The first kappa shape index (κ1) is 22.1. The topological polar surface area (TPSA) is 99.8 Å². The zero-order chi connectivity index (χ0) is 23.4. The zero-order valence-corrected chi connectivity index (χ0v) is 17.8. The van der Waals surface area contributed by atoms with Crippen LogP contribution in [0.4, 0.5) is 8.78 Å². The lowest BCUT2D eigenvalue weighted by Gasteiger charge is -2.57. The summed E-state index contributed by atoms with van der Waals surface area (Å²) in [4.78, 5) is 40.2. The van der Waals surface area contributed by atoms with Crippen molar-refractivity contribution in [1.29, 1.82) is 0 Å². The van der Waals surface area contributed by atoms with Crippen LogP contribution in [0.25, 0.3) is 0 Å². The van der Waals surface area contributed by atoms with E-state index in [1.165, 1.54) is 16.8 Å². The van der Waals surface area contributed by atoms with Gasteiger partial charge in [0.1, 0.15) is 11.6 Å². The molecule has 2 aromatic rings. The fourth-order valence-corrected chi connectivity index (χ4v) is 4.95. The molecule has 1 fully saturated rings. The Morgan fingerprint density at radius 1 is 1.25 bits per heavy atom. The molecule has 32 heavy (non-hydrogen) atoms. The number of carbonyl (C=O) groups excluding carboxylic acids is 2. The molecule has 0 radical (unpaired) electrons. The molecule has 9 heteroatoms. The van der Waals surface area contributed by atoms with Crippen LogP contribution in [-0.4, -0.2) is 49.1 Å². The van der Waals surface area contributed by atoms with E-state index < -0.39 is 46.1 Å². The molecule has 0 atom stereocenters. The van der Waals surface area contributed by atoms with Crippen molar-refractivity contribution in [2.45, 2.75) is 63.8 Å². The third-order valence-corrected chi connectivity index (χ3v) is 6.34. The van der Waals surface area contributed by atoms with Gasteiger partial charge in [-0.2, -0.15) is 0 Å². The number of rotatable bonds is 5. The van der Waals surface area contributed by atoms with E-state index >= 15 is 0 Å². The largest absolute Gasteiger partial charge is 0.503 e. The fraction of sp³-hybridized carbons (Fsp3) is 0.435. The molecule has 1 aromatic heterocycles. The molecule has 2 aliphatic rings. The monoisotopic (exact) mass is 446 g/mol. The number of aromatic nitrogens is 1. The second-order valence-electron chi connectivity index (χ2n) is 8.91. The van der Waals surface area contributed by atoms with Crippen LogP contribution in [0.1, 0.15) is 59.5 Å². The number of Topliss-reactive ketones (excluding diaryl/α,β-unsaturated/α-hetero) is 1. The summed E-state index contributed by atoms with van der Waals surface area (Å²) in [6.07, 6.45) is 1.15. The molecule has 1 aromatic carbocycles. The van der Waals surface area contributed by atoms with Gasteiger partial charge < -0.3 is 19.7 Å². The normalized spacial score (nSPS) is 22.2. The first-order valence-corrected chi connectivity index (χ1v) is 10.5. The highest BCUT2D eigenvalue weighted by Crippen LogP contribution is 2.44. The molecule has 0 saturated heterocycles. The second-order valence-corrected chi connectivity index (χ2v) is 8.91. The van der Waals surface area contributed by atoms with Crippen LogP contribution in [0, 0.1) is 11.6 Å². The van der Waals surface area contributed by atoms with Crippen molar-refractivity contribution in [2.24, 2.45) is 0 Å². The van der Waals surface area contributed by atoms with Gasteiger partial charge >= 0.3 is 0 Å². The number of fused-ring (bicyclic) bond motifs is 1. The molecule has 170 valence electrons. The number of hydrogen-bond acceptors (Lipinski definition) is 5. The molecule has 0 unspecified atom stereocenters. The van der Waals surface area contributed by atoms with Gasteiger partial charge in [-0.25, -0.2) is 8.78 Å². The summed E-state index contributed by atoms with van der Waals surface area (Å²) >= 11 is 0. The minimum absolute atomic E-state index is 0.0525. The average molecular weight is 446 g/mol. The second kappa shape index (κ2) is 7.81. The van der Waals surface area contributed by atoms with Crippen molar-refractivity contribution in [1.82, 2.24) is 9.47 Å². The van der Waals surface area contributed by atoms with Crippen LogP contribution in [0.3, 0.4) is 0 Å². The van der Waals surface area contributed by atoms with E-state index in [-0.39, 0.29) is 42.2 Å². The molecule has 1 spiro atoms. The molecule has 2 heterocycles. The van der Waals surface area contributed by atoms with E-state index in [0.29, 0.717) is 12.8 Å². The summed E-state index contributed by atoms with van der Waals surface area (Å²) in [5.41, 5.74) is -1.96. The van der Waals surface area contributed by atoms with E-state index in [2.05, 4.69) is 0 Å². The van der Waals surface area contributed by atoms with E-state index in [1.54, 1.807) is 4.90 Å². The first-order chi connectivity index (χ1) is 15.0. The Morgan fingerprint density at radius 2 is 1.94 bits per heavy atom. The standard InChI is InChI=1S/C23H24F2N2O5/c1-12(2)27-22(32)19-21(31)20(30)16(10-26(19)11-23(27)8-15(28)9-23)18(29)6-4-13-3-5-14(24)7-17(13)25/h3,5,7,10,12,15,28,31H,4,6,8-9,11H2,1-2H3. The summed E-state index contributed by atoms with van der Waals surface area (Å²) in [5, 5.41) is 20.4. The average Bonchev–Trinajstić information content (AvgIpc) is 2.68. The number of benzene rings is 1. The van der Waals surface area contributed by atoms with Crippen molar-refractivity contribution in [3.05, 3.63) is 63.1 Å². The Morgan fingerprint density at radius 3 is 2.53 bits per heavy atom. The van der Waals surface area contributed by atoms with Gasteiger partial charge in [0.15, 0.2) is 17.2 Å². The van der Waals surface area contributed by atoms with Crippen LogP contribution in [0.5, 0.6) is 5.75 Å². The number of aromatic hydroxyl groups is 1. The smallest absolute Gasteiger partial charge is 0.275 e. The van der Waals surface area contributed by atoms with Gasteiger partial charge in [0.2, 0.25) is 5.43 Å². The molecule has 1 amide bonds. The van der Waals surface area contributed by atoms with Gasteiger partial charge in [-0.05, 0) is 44.7 Å². The number of halogens is 2. The molecule has 1 aliphatic heterocycles. The van der Waals surface area contributed by atoms with Crippen LogP contribution in [0.15, 0.2) is 29.2 Å². The molecule has 2 N–H and O–H groups in total. The number of aliphatic hydroxyl groups excluding tert-OH is 1. The lowest BCUT2D eigenvalue weighted by molar-refractivity contribution is -0.0860. The van der Waals surface area contributed by atoms with Crippen LogP contribution < -0.4 is 5.43 Å². The number of hydrogen-bond donors (Lipinski definition) is 2. The number of amides is 1. The summed E-state index contributed by atoms with van der Waals surface area (Å²) in [7, 11) is 0. The number of pyridine rings is 1. The van der Waals surface area contributed by atoms with Crippen LogP contribution in [0.2, 0.25) is 0 Å². The molecule has 7 nitrogen and oxygen atoms in total. The predicted molar refractivity (Wildman–Crippen MR) is 111 cm³/mol. The number of nitrogens with zero attached hydrogens (tertiary/aromatic N) is 2. The van der Waals surface area contributed by atoms with Crippen molar-refractivity contribution in [3.63, 3.8) is 0 Å². The van der Waals surface area contributed by atoms with Crippen molar-refractivity contribution in [3.8, 4) is 5.75 Å². The molecule has 1 saturated carbocycles.